The molecule has 0 spiro atoms. The molecule has 1 radical (unpaired) electrons. The second-order valence-electron chi connectivity index (χ2n) is 5.45. The maximum Gasteiger partial charge on any atom is 0.324 e. The van der Waals surface area contributed by atoms with Gasteiger partial charge in [-0.05, 0) is 37.5 Å². The predicted molar refractivity (Wildman–Crippen MR) is 80.7 cm³/mol. The molecule has 1 aromatic carbocycles. The summed E-state index contributed by atoms with van der Waals surface area (Å²) in [5.74, 6) is -0.214. The fraction of sp³-hybridized carbons (Fsp3) is 0.400. The number of aromatic amines is 1. The summed E-state index contributed by atoms with van der Waals surface area (Å²) in [5, 5.41) is 13.4. The van der Waals surface area contributed by atoms with Gasteiger partial charge < -0.3 is 5.32 Å². The molecule has 0 aliphatic carbocycles. The number of H-pyrrole nitrogens is 1. The number of likely N-dealkylation sites (tertiary alicyclic amines) is 1. The van der Waals surface area contributed by atoms with Gasteiger partial charge in [-0.1, -0.05) is 17.7 Å². The second-order valence-corrected chi connectivity index (χ2v) is 5.45. The van der Waals surface area contributed by atoms with Crippen molar-refractivity contribution in [3.8, 4) is 0 Å². The van der Waals surface area contributed by atoms with E-state index in [2.05, 4.69) is 20.7 Å². The van der Waals surface area contributed by atoms with E-state index in [9.17, 15) is 9.59 Å². The molecular weight excluding hydrogens is 282 g/mol. The van der Waals surface area contributed by atoms with E-state index in [1.165, 1.54) is 4.90 Å². The van der Waals surface area contributed by atoms with E-state index < -0.39 is 0 Å². The number of nitrogens with zero attached hydrogens (tertiary/aromatic N) is 3. The highest BCUT2D eigenvalue weighted by molar-refractivity contribution is 5.99. The van der Waals surface area contributed by atoms with E-state index in [0.29, 0.717) is 6.54 Å². The zero-order chi connectivity index (χ0) is 15.5. The smallest absolute Gasteiger partial charge is 0.324 e. The van der Waals surface area contributed by atoms with Gasteiger partial charge in [-0.2, -0.15) is 0 Å². The fourth-order valence-electron chi connectivity index (χ4n) is 2.54. The SMILES string of the molecule is C[C@@H](NC(=O)N1CCCC[CH]C1=O)c1ccc2[nH]nnc2c1. The highest BCUT2D eigenvalue weighted by atomic mass is 16.2. The molecule has 3 rings (SSSR count). The van der Waals surface area contributed by atoms with Crippen molar-refractivity contribution in [2.24, 2.45) is 0 Å². The number of benzene rings is 1. The van der Waals surface area contributed by atoms with Crippen molar-refractivity contribution in [2.75, 3.05) is 6.54 Å². The van der Waals surface area contributed by atoms with Crippen LogP contribution in [0.1, 0.15) is 37.8 Å². The Balaban J connectivity index is 1.70. The first-order valence-corrected chi connectivity index (χ1v) is 7.41. The Morgan fingerprint density at radius 1 is 1.41 bits per heavy atom. The normalized spacial score (nSPS) is 17.3. The minimum atomic E-state index is -0.351. The monoisotopic (exact) mass is 300 g/mol. The number of hydrogen-bond acceptors (Lipinski definition) is 4. The Morgan fingerprint density at radius 3 is 3.14 bits per heavy atom. The van der Waals surface area contributed by atoms with Crippen molar-refractivity contribution >= 4 is 23.0 Å². The molecule has 1 aliphatic rings. The van der Waals surface area contributed by atoms with Gasteiger partial charge in [0.05, 0.1) is 18.0 Å². The molecule has 1 aromatic heterocycles. The number of aromatic nitrogens is 3. The fourth-order valence-corrected chi connectivity index (χ4v) is 2.54. The average Bonchev–Trinajstić information content (AvgIpc) is 2.87. The van der Waals surface area contributed by atoms with Crippen LogP contribution in [0.15, 0.2) is 18.2 Å². The number of carbonyl (C=O) groups excluding carboxylic acids is 2. The first-order valence-electron chi connectivity index (χ1n) is 7.41. The van der Waals surface area contributed by atoms with Crippen LogP contribution in [0.5, 0.6) is 0 Å². The lowest BCUT2D eigenvalue weighted by molar-refractivity contribution is -0.124. The number of imide groups is 1. The van der Waals surface area contributed by atoms with Gasteiger partial charge in [0, 0.05) is 6.54 Å². The van der Waals surface area contributed by atoms with Crippen molar-refractivity contribution in [2.45, 2.75) is 32.2 Å². The van der Waals surface area contributed by atoms with Gasteiger partial charge in [0.2, 0.25) is 5.91 Å². The third-order valence-electron chi connectivity index (χ3n) is 3.86. The molecule has 7 nitrogen and oxygen atoms in total. The predicted octanol–water partition coefficient (Wildman–Crippen LogP) is 1.95. The Hall–Kier alpha value is -2.44. The lowest BCUT2D eigenvalue weighted by atomic mass is 10.1. The van der Waals surface area contributed by atoms with Crippen LogP contribution < -0.4 is 5.32 Å². The first kappa shape index (κ1) is 14.5. The van der Waals surface area contributed by atoms with Gasteiger partial charge in [-0.3, -0.25) is 14.8 Å². The van der Waals surface area contributed by atoms with Crippen LogP contribution in [0, 0.1) is 6.42 Å². The largest absolute Gasteiger partial charge is 0.331 e. The zero-order valence-corrected chi connectivity index (χ0v) is 12.4. The molecular formula is C15H18N5O2. The van der Waals surface area contributed by atoms with Gasteiger partial charge in [0.15, 0.2) is 0 Å². The molecule has 1 saturated heterocycles. The molecule has 115 valence electrons. The summed E-state index contributed by atoms with van der Waals surface area (Å²) in [6.07, 6.45) is 4.10. The number of hydrogen-bond donors (Lipinski definition) is 2. The Morgan fingerprint density at radius 2 is 2.27 bits per heavy atom. The summed E-state index contributed by atoms with van der Waals surface area (Å²) in [5.41, 5.74) is 2.51. The van der Waals surface area contributed by atoms with Gasteiger partial charge in [-0.15, -0.1) is 5.10 Å². The number of rotatable bonds is 2. The summed E-state index contributed by atoms with van der Waals surface area (Å²) in [6, 6.07) is 5.09. The zero-order valence-electron chi connectivity index (χ0n) is 12.4. The molecule has 1 aliphatic heterocycles. The van der Waals surface area contributed by atoms with E-state index in [1.54, 1.807) is 6.42 Å². The van der Waals surface area contributed by atoms with Crippen LogP contribution >= 0.6 is 0 Å². The summed E-state index contributed by atoms with van der Waals surface area (Å²) in [7, 11) is 0. The van der Waals surface area contributed by atoms with Crippen molar-refractivity contribution in [3.63, 3.8) is 0 Å². The summed E-state index contributed by atoms with van der Waals surface area (Å²) < 4.78 is 0. The number of fused-ring (bicyclic) bond motifs is 1. The van der Waals surface area contributed by atoms with Gasteiger partial charge in [0.25, 0.3) is 0 Å². The second kappa shape index (κ2) is 6.13. The van der Waals surface area contributed by atoms with E-state index in [1.807, 2.05) is 25.1 Å². The lowest BCUT2D eigenvalue weighted by Gasteiger charge is -2.22. The highest BCUT2D eigenvalue weighted by Gasteiger charge is 2.24. The summed E-state index contributed by atoms with van der Waals surface area (Å²) >= 11 is 0. The van der Waals surface area contributed by atoms with Crippen LogP contribution in [0.3, 0.4) is 0 Å². The molecule has 0 unspecified atom stereocenters. The number of amides is 3. The number of urea groups is 1. The maximum absolute atomic E-state index is 12.3. The van der Waals surface area contributed by atoms with Crippen LogP contribution in [0.2, 0.25) is 0 Å². The van der Waals surface area contributed by atoms with Crippen LogP contribution in [-0.4, -0.2) is 38.8 Å². The Bertz CT molecular complexity index is 696. The standard InChI is InChI=1S/C15H18N5O2/c1-10(11-6-7-12-13(9-11)18-19-17-12)16-15(22)20-8-4-2-3-5-14(20)21/h5-7,9-10H,2-4,8H2,1H3,(H,16,22)(H,17,18,19)/t10-/m1/s1. The lowest BCUT2D eigenvalue weighted by Crippen LogP contribution is -2.44. The van der Waals surface area contributed by atoms with E-state index >= 15 is 0 Å². The molecule has 2 heterocycles. The first-order chi connectivity index (χ1) is 10.6. The van der Waals surface area contributed by atoms with Gasteiger partial charge in [-0.25, -0.2) is 4.79 Å². The molecule has 7 heteroatoms. The topological polar surface area (TPSA) is 91.0 Å². The van der Waals surface area contributed by atoms with E-state index in [4.69, 9.17) is 0 Å². The number of nitrogens with one attached hydrogen (secondary N) is 2. The van der Waals surface area contributed by atoms with Crippen molar-refractivity contribution in [1.29, 1.82) is 0 Å². The molecule has 0 bridgehead atoms. The third kappa shape index (κ3) is 2.93. The van der Waals surface area contributed by atoms with Gasteiger partial charge in [0.1, 0.15) is 5.52 Å². The molecule has 1 atom stereocenters. The van der Waals surface area contributed by atoms with Crippen LogP contribution in [0.25, 0.3) is 11.0 Å². The molecule has 2 aromatic rings. The Labute approximate surface area is 128 Å². The molecule has 3 amide bonds. The number of carbonyl (C=O) groups is 2. The van der Waals surface area contributed by atoms with Crippen LogP contribution in [-0.2, 0) is 4.79 Å². The quantitative estimate of drug-likeness (QED) is 0.886. The van der Waals surface area contributed by atoms with E-state index in [0.717, 1.165) is 35.9 Å². The summed E-state index contributed by atoms with van der Waals surface area (Å²) in [6.45, 7) is 2.35. The highest BCUT2D eigenvalue weighted by Crippen LogP contribution is 2.18. The van der Waals surface area contributed by atoms with Crippen molar-refractivity contribution in [1.82, 2.24) is 25.6 Å². The van der Waals surface area contributed by atoms with Crippen molar-refractivity contribution < 1.29 is 9.59 Å². The molecule has 22 heavy (non-hydrogen) atoms. The molecule has 0 saturated carbocycles. The maximum atomic E-state index is 12.3. The van der Waals surface area contributed by atoms with E-state index in [-0.39, 0.29) is 18.0 Å². The third-order valence-corrected chi connectivity index (χ3v) is 3.86. The minimum absolute atomic E-state index is 0.214. The van der Waals surface area contributed by atoms with Crippen LogP contribution in [0.4, 0.5) is 4.79 Å². The Kier molecular flexibility index (Phi) is 4.04. The van der Waals surface area contributed by atoms with Gasteiger partial charge >= 0.3 is 6.03 Å². The summed E-state index contributed by atoms with van der Waals surface area (Å²) in [4.78, 5) is 25.5. The average molecular weight is 300 g/mol. The molecule has 1 fully saturated rings. The molecule has 2 N–H and O–H groups in total. The minimum Gasteiger partial charge on any atom is -0.331 e. The van der Waals surface area contributed by atoms with Crippen molar-refractivity contribution in [3.05, 3.63) is 30.2 Å².